The third-order valence-electron chi connectivity index (χ3n) is 2.73. The normalized spacial score (nSPS) is 11.8. The minimum absolute atomic E-state index is 0.0328. The summed E-state index contributed by atoms with van der Waals surface area (Å²) >= 11 is 0. The Kier molecular flexibility index (Phi) is 8.95. The summed E-state index contributed by atoms with van der Waals surface area (Å²) in [6.45, 7) is 5.52. The van der Waals surface area contributed by atoms with E-state index in [-0.39, 0.29) is 18.2 Å². The van der Waals surface area contributed by atoms with Crippen molar-refractivity contribution in [3.63, 3.8) is 0 Å². The van der Waals surface area contributed by atoms with Gasteiger partial charge in [0.15, 0.2) is 0 Å². The van der Waals surface area contributed by atoms with Gasteiger partial charge in [-0.3, -0.25) is 4.79 Å². The van der Waals surface area contributed by atoms with Crippen LogP contribution < -0.4 is 4.72 Å². The predicted molar refractivity (Wildman–Crippen MR) is 77.5 cm³/mol. The molecule has 6 nitrogen and oxygen atoms in total. The lowest BCUT2D eigenvalue weighted by atomic mass is 10.4. The number of nitrogens with one attached hydrogen (secondary N) is 1. The van der Waals surface area contributed by atoms with E-state index in [4.69, 9.17) is 0 Å². The van der Waals surface area contributed by atoms with Crippen molar-refractivity contribution in [3.05, 3.63) is 0 Å². The van der Waals surface area contributed by atoms with E-state index in [0.29, 0.717) is 19.5 Å². The molecule has 114 valence electrons. The van der Waals surface area contributed by atoms with Crippen LogP contribution in [0.5, 0.6) is 0 Å². The van der Waals surface area contributed by atoms with Crippen molar-refractivity contribution in [3.8, 4) is 0 Å². The van der Waals surface area contributed by atoms with Crippen molar-refractivity contribution in [2.75, 3.05) is 46.0 Å². The molecule has 0 spiro atoms. The van der Waals surface area contributed by atoms with Gasteiger partial charge in [-0.15, -0.1) is 0 Å². The molecule has 0 fully saturated rings. The maximum absolute atomic E-state index is 11.6. The van der Waals surface area contributed by atoms with Gasteiger partial charge in [-0.25, -0.2) is 13.1 Å². The van der Waals surface area contributed by atoms with E-state index in [0.717, 1.165) is 13.0 Å². The van der Waals surface area contributed by atoms with E-state index in [9.17, 15) is 13.2 Å². The van der Waals surface area contributed by atoms with E-state index >= 15 is 0 Å². The Morgan fingerprint density at radius 3 is 2.26 bits per heavy atom. The average molecular weight is 293 g/mol. The van der Waals surface area contributed by atoms with Gasteiger partial charge in [-0.2, -0.15) is 0 Å². The largest absolute Gasteiger partial charge is 0.340 e. The highest BCUT2D eigenvalue weighted by Gasteiger charge is 2.12. The Balaban J connectivity index is 4.08. The van der Waals surface area contributed by atoms with Gasteiger partial charge in [0.25, 0.3) is 0 Å². The van der Waals surface area contributed by atoms with Crippen molar-refractivity contribution in [1.29, 1.82) is 0 Å². The van der Waals surface area contributed by atoms with E-state index in [1.807, 2.05) is 25.9 Å². The highest BCUT2D eigenvalue weighted by molar-refractivity contribution is 7.89. The minimum atomic E-state index is -3.19. The molecular weight excluding hydrogens is 266 g/mol. The fraction of sp³-hybridized carbons (Fsp3) is 0.917. The van der Waals surface area contributed by atoms with Crippen molar-refractivity contribution >= 4 is 15.9 Å². The van der Waals surface area contributed by atoms with Crippen LogP contribution in [0.4, 0.5) is 0 Å². The molecule has 7 heteroatoms. The summed E-state index contributed by atoms with van der Waals surface area (Å²) < 4.78 is 25.7. The second-order valence-corrected chi connectivity index (χ2v) is 6.80. The third kappa shape index (κ3) is 9.86. The number of hydrogen-bond acceptors (Lipinski definition) is 4. The van der Waals surface area contributed by atoms with Crippen LogP contribution >= 0.6 is 0 Å². The summed E-state index contributed by atoms with van der Waals surface area (Å²) in [5.74, 6) is 0.121. The molecule has 19 heavy (non-hydrogen) atoms. The number of likely N-dealkylation sites (N-methyl/N-ethyl adjacent to an activating group) is 1. The van der Waals surface area contributed by atoms with E-state index in [1.54, 1.807) is 4.90 Å². The summed E-state index contributed by atoms with van der Waals surface area (Å²) in [7, 11) is 0.678. The Hall–Kier alpha value is -0.660. The number of nitrogens with zero attached hydrogens (tertiary/aromatic N) is 2. The minimum Gasteiger partial charge on any atom is -0.340 e. The van der Waals surface area contributed by atoms with Crippen molar-refractivity contribution in [2.24, 2.45) is 0 Å². The zero-order chi connectivity index (χ0) is 14.9. The molecule has 1 N–H and O–H groups in total. The van der Waals surface area contributed by atoms with E-state index in [1.165, 1.54) is 6.92 Å². The van der Waals surface area contributed by atoms with Crippen LogP contribution in [0, 0.1) is 0 Å². The van der Waals surface area contributed by atoms with Crippen molar-refractivity contribution < 1.29 is 13.2 Å². The van der Waals surface area contributed by atoms with Crippen molar-refractivity contribution in [2.45, 2.75) is 26.7 Å². The Labute approximate surface area is 117 Å². The maximum Gasteiger partial charge on any atom is 0.219 e. The monoisotopic (exact) mass is 293 g/mol. The molecule has 0 bridgehead atoms. The second kappa shape index (κ2) is 9.28. The molecule has 0 aromatic rings. The molecule has 0 aliphatic heterocycles. The number of hydrogen-bond donors (Lipinski definition) is 1. The Morgan fingerprint density at radius 2 is 1.79 bits per heavy atom. The van der Waals surface area contributed by atoms with Crippen LogP contribution in [-0.4, -0.2) is 70.2 Å². The lowest BCUT2D eigenvalue weighted by molar-refractivity contribution is -0.128. The number of carbonyl (C=O) groups is 1. The lowest BCUT2D eigenvalue weighted by Gasteiger charge is -2.23. The molecular formula is C12H27N3O3S. The number of sulfonamides is 1. The van der Waals surface area contributed by atoms with Gasteiger partial charge < -0.3 is 9.80 Å². The van der Waals surface area contributed by atoms with Crippen LogP contribution in [0.2, 0.25) is 0 Å². The average Bonchev–Trinajstić information content (AvgIpc) is 2.30. The molecule has 1 amide bonds. The van der Waals surface area contributed by atoms with Crippen LogP contribution in [0.3, 0.4) is 0 Å². The van der Waals surface area contributed by atoms with Crippen LogP contribution in [0.1, 0.15) is 26.7 Å². The van der Waals surface area contributed by atoms with Crippen molar-refractivity contribution in [1.82, 2.24) is 14.5 Å². The first-order valence-electron chi connectivity index (χ1n) is 6.66. The number of rotatable bonds is 10. The van der Waals surface area contributed by atoms with E-state index in [2.05, 4.69) is 4.72 Å². The summed E-state index contributed by atoms with van der Waals surface area (Å²) in [6.07, 6.45) is 1.51. The quantitative estimate of drug-likeness (QED) is 0.621. The SMILES string of the molecule is CCCCS(=O)(=O)NCCN(CCN(C)C)C(C)=O. The molecule has 0 aromatic carbocycles. The number of amides is 1. The van der Waals surface area contributed by atoms with Gasteiger partial charge in [-0.05, 0) is 20.5 Å². The van der Waals surface area contributed by atoms with Gasteiger partial charge in [0.2, 0.25) is 15.9 Å². The molecule has 0 saturated heterocycles. The first-order valence-corrected chi connectivity index (χ1v) is 8.31. The number of carbonyl (C=O) groups excluding carboxylic acids is 1. The zero-order valence-corrected chi connectivity index (χ0v) is 13.3. The van der Waals surface area contributed by atoms with Gasteiger partial charge in [0, 0.05) is 33.1 Å². The lowest BCUT2D eigenvalue weighted by Crippen LogP contribution is -2.41. The second-order valence-electron chi connectivity index (χ2n) is 4.88. The molecule has 0 aliphatic rings. The van der Waals surface area contributed by atoms with Crippen LogP contribution in [0.15, 0.2) is 0 Å². The first-order chi connectivity index (χ1) is 8.78. The third-order valence-corrected chi connectivity index (χ3v) is 4.20. The molecule has 0 radical (unpaired) electrons. The van der Waals surface area contributed by atoms with Gasteiger partial charge in [-0.1, -0.05) is 13.3 Å². The molecule has 0 aromatic heterocycles. The Morgan fingerprint density at radius 1 is 1.16 bits per heavy atom. The maximum atomic E-state index is 11.6. The molecule has 0 saturated carbocycles. The highest BCUT2D eigenvalue weighted by atomic mass is 32.2. The molecule has 0 rings (SSSR count). The van der Waals surface area contributed by atoms with Gasteiger partial charge in [0.05, 0.1) is 5.75 Å². The topological polar surface area (TPSA) is 69.7 Å². The molecule has 0 aliphatic carbocycles. The van der Waals surface area contributed by atoms with Gasteiger partial charge >= 0.3 is 0 Å². The van der Waals surface area contributed by atoms with Gasteiger partial charge in [0.1, 0.15) is 0 Å². The molecule has 0 unspecified atom stereocenters. The summed E-state index contributed by atoms with van der Waals surface area (Å²) in [6, 6.07) is 0. The Bertz CT molecular complexity index is 355. The summed E-state index contributed by atoms with van der Waals surface area (Å²) in [5.41, 5.74) is 0. The van der Waals surface area contributed by atoms with Crippen LogP contribution in [0.25, 0.3) is 0 Å². The molecule has 0 atom stereocenters. The molecule has 0 heterocycles. The standard InChI is InChI=1S/C12H27N3O3S/c1-5-6-11-19(17,18)13-7-8-15(12(2)16)10-9-14(3)4/h13H,5-11H2,1-4H3. The summed E-state index contributed by atoms with van der Waals surface area (Å²) in [4.78, 5) is 15.1. The van der Waals surface area contributed by atoms with Crippen LogP contribution in [-0.2, 0) is 14.8 Å². The fourth-order valence-corrected chi connectivity index (χ4v) is 2.71. The first kappa shape index (κ1) is 18.3. The predicted octanol–water partition coefficient (Wildman–Crippen LogP) is 0.116. The summed E-state index contributed by atoms with van der Waals surface area (Å²) in [5, 5.41) is 0. The smallest absolute Gasteiger partial charge is 0.219 e. The van der Waals surface area contributed by atoms with E-state index < -0.39 is 10.0 Å². The number of unbranched alkanes of at least 4 members (excludes halogenated alkanes) is 1. The zero-order valence-electron chi connectivity index (χ0n) is 12.5. The fourth-order valence-electron chi connectivity index (χ4n) is 1.49. The highest BCUT2D eigenvalue weighted by Crippen LogP contribution is 1.94.